The standard InChI is InChI=1S/C22H21ClN2O4/c1-14-18(23)8-5-9-19(14)24-21(27)13-29-22(28)12-20-17-7-4-3-6-16(17)10-11-25(20)15(2)26/h3-11,20H,12-13H2,1-2H3,(H,24,27)/t20-/m1/s1. The van der Waals surface area contributed by atoms with Gasteiger partial charge in [-0.2, -0.15) is 0 Å². The fourth-order valence-electron chi connectivity index (χ4n) is 3.21. The lowest BCUT2D eigenvalue weighted by atomic mass is 9.94. The van der Waals surface area contributed by atoms with E-state index in [1.165, 1.54) is 11.8 Å². The van der Waals surface area contributed by atoms with Crippen molar-refractivity contribution in [3.8, 4) is 0 Å². The Morgan fingerprint density at radius 1 is 1.14 bits per heavy atom. The van der Waals surface area contributed by atoms with Crippen molar-refractivity contribution in [3.05, 3.63) is 70.4 Å². The van der Waals surface area contributed by atoms with E-state index in [-0.39, 0.29) is 12.3 Å². The van der Waals surface area contributed by atoms with Gasteiger partial charge in [0.1, 0.15) is 0 Å². The smallest absolute Gasteiger partial charge is 0.308 e. The van der Waals surface area contributed by atoms with Crippen LogP contribution in [0.2, 0.25) is 5.02 Å². The zero-order chi connectivity index (χ0) is 21.0. The molecule has 2 amide bonds. The highest BCUT2D eigenvalue weighted by molar-refractivity contribution is 6.31. The minimum atomic E-state index is -0.565. The third kappa shape index (κ3) is 4.84. The second-order valence-corrected chi connectivity index (χ2v) is 7.12. The van der Waals surface area contributed by atoms with E-state index in [9.17, 15) is 14.4 Å². The Kier molecular flexibility index (Phi) is 6.34. The molecule has 2 aromatic rings. The molecule has 2 aromatic carbocycles. The first kappa shape index (κ1) is 20.6. The number of halogens is 1. The van der Waals surface area contributed by atoms with Gasteiger partial charge in [-0.05, 0) is 41.8 Å². The number of nitrogens with zero attached hydrogens (tertiary/aromatic N) is 1. The van der Waals surface area contributed by atoms with Gasteiger partial charge < -0.3 is 15.0 Å². The van der Waals surface area contributed by atoms with Crippen LogP contribution in [0.15, 0.2) is 48.7 Å². The van der Waals surface area contributed by atoms with E-state index in [1.807, 2.05) is 30.3 Å². The number of hydrogen-bond donors (Lipinski definition) is 1. The zero-order valence-electron chi connectivity index (χ0n) is 16.1. The van der Waals surface area contributed by atoms with Crippen molar-refractivity contribution in [2.24, 2.45) is 0 Å². The van der Waals surface area contributed by atoms with Crippen LogP contribution in [-0.4, -0.2) is 29.3 Å². The van der Waals surface area contributed by atoms with Crippen LogP contribution in [0.25, 0.3) is 6.08 Å². The molecule has 0 aliphatic carbocycles. The minimum absolute atomic E-state index is 0.0512. The van der Waals surface area contributed by atoms with Crippen LogP contribution in [0.3, 0.4) is 0 Å². The molecule has 0 bridgehead atoms. The van der Waals surface area contributed by atoms with Crippen molar-refractivity contribution in [1.82, 2.24) is 4.90 Å². The number of ether oxygens (including phenoxy) is 1. The Hall–Kier alpha value is -3.12. The minimum Gasteiger partial charge on any atom is -0.455 e. The summed E-state index contributed by atoms with van der Waals surface area (Å²) in [7, 11) is 0. The van der Waals surface area contributed by atoms with Gasteiger partial charge in [-0.1, -0.05) is 41.9 Å². The van der Waals surface area contributed by atoms with Crippen molar-refractivity contribution in [1.29, 1.82) is 0 Å². The number of benzene rings is 2. The number of fused-ring (bicyclic) bond motifs is 1. The number of carbonyl (C=O) groups excluding carboxylic acids is 3. The van der Waals surface area contributed by atoms with Gasteiger partial charge in [-0.15, -0.1) is 0 Å². The quantitative estimate of drug-likeness (QED) is 0.750. The van der Waals surface area contributed by atoms with Crippen molar-refractivity contribution in [2.75, 3.05) is 11.9 Å². The molecule has 0 spiro atoms. The maximum Gasteiger partial charge on any atom is 0.308 e. The summed E-state index contributed by atoms with van der Waals surface area (Å²) >= 11 is 6.04. The SMILES string of the molecule is CC(=O)N1C=Cc2ccccc2[C@H]1CC(=O)OCC(=O)Nc1cccc(Cl)c1C. The molecular weight excluding hydrogens is 392 g/mol. The Bertz CT molecular complexity index is 987. The van der Waals surface area contributed by atoms with Gasteiger partial charge in [-0.3, -0.25) is 14.4 Å². The summed E-state index contributed by atoms with van der Waals surface area (Å²) in [6.45, 7) is 2.81. The summed E-state index contributed by atoms with van der Waals surface area (Å²) in [5.74, 6) is -1.21. The number of carbonyl (C=O) groups is 3. The largest absolute Gasteiger partial charge is 0.455 e. The predicted octanol–water partition coefficient (Wildman–Crippen LogP) is 4.09. The molecule has 0 radical (unpaired) electrons. The van der Waals surface area contributed by atoms with Crippen LogP contribution in [-0.2, 0) is 19.1 Å². The number of nitrogens with one attached hydrogen (secondary N) is 1. The average Bonchev–Trinajstić information content (AvgIpc) is 2.70. The Balaban J connectivity index is 1.62. The van der Waals surface area contributed by atoms with E-state index in [0.29, 0.717) is 10.7 Å². The number of amides is 2. The lowest BCUT2D eigenvalue weighted by molar-refractivity contribution is -0.149. The molecule has 0 fully saturated rings. The van der Waals surface area contributed by atoms with Crippen LogP contribution in [0, 0.1) is 6.92 Å². The summed E-state index contributed by atoms with van der Waals surface area (Å²) < 4.78 is 5.15. The molecule has 3 rings (SSSR count). The molecule has 0 saturated heterocycles. The lowest BCUT2D eigenvalue weighted by Crippen LogP contribution is -2.33. The van der Waals surface area contributed by atoms with E-state index >= 15 is 0 Å². The molecule has 0 saturated carbocycles. The molecule has 150 valence electrons. The topological polar surface area (TPSA) is 75.7 Å². The average molecular weight is 413 g/mol. The first-order valence-corrected chi connectivity index (χ1v) is 9.51. The highest BCUT2D eigenvalue weighted by atomic mass is 35.5. The number of hydrogen-bond acceptors (Lipinski definition) is 4. The van der Waals surface area contributed by atoms with Crippen LogP contribution in [0.4, 0.5) is 5.69 Å². The van der Waals surface area contributed by atoms with Gasteiger partial charge in [0.15, 0.2) is 6.61 Å². The Morgan fingerprint density at radius 3 is 2.66 bits per heavy atom. The normalized spacial score (nSPS) is 14.9. The van der Waals surface area contributed by atoms with Crippen molar-refractivity contribution in [2.45, 2.75) is 26.3 Å². The maximum absolute atomic E-state index is 12.4. The van der Waals surface area contributed by atoms with E-state index in [2.05, 4.69) is 5.32 Å². The van der Waals surface area contributed by atoms with E-state index in [4.69, 9.17) is 16.3 Å². The molecule has 6 nitrogen and oxygen atoms in total. The van der Waals surface area contributed by atoms with E-state index in [1.54, 1.807) is 31.3 Å². The molecule has 1 aliphatic heterocycles. The van der Waals surface area contributed by atoms with Gasteiger partial charge in [0.25, 0.3) is 5.91 Å². The van der Waals surface area contributed by atoms with E-state index in [0.717, 1.165) is 16.7 Å². The molecule has 7 heteroatoms. The first-order chi connectivity index (χ1) is 13.9. The van der Waals surface area contributed by atoms with Crippen LogP contribution < -0.4 is 5.32 Å². The summed E-state index contributed by atoms with van der Waals surface area (Å²) in [4.78, 5) is 38.0. The lowest BCUT2D eigenvalue weighted by Gasteiger charge is -2.32. The second-order valence-electron chi connectivity index (χ2n) is 6.71. The van der Waals surface area contributed by atoms with Gasteiger partial charge in [0.05, 0.1) is 12.5 Å². The fourth-order valence-corrected chi connectivity index (χ4v) is 3.38. The molecule has 1 atom stereocenters. The van der Waals surface area contributed by atoms with Crippen LogP contribution >= 0.6 is 11.6 Å². The molecular formula is C22H21ClN2O4. The summed E-state index contributed by atoms with van der Waals surface area (Å²) in [5.41, 5.74) is 3.10. The third-order valence-electron chi connectivity index (χ3n) is 4.74. The summed E-state index contributed by atoms with van der Waals surface area (Å²) in [6, 6.07) is 12.2. The van der Waals surface area contributed by atoms with Crippen molar-refractivity contribution >= 4 is 41.1 Å². The van der Waals surface area contributed by atoms with Gasteiger partial charge in [-0.25, -0.2) is 0 Å². The number of rotatable bonds is 5. The Labute approximate surface area is 174 Å². The highest BCUT2D eigenvalue weighted by Gasteiger charge is 2.29. The molecule has 1 aliphatic rings. The third-order valence-corrected chi connectivity index (χ3v) is 5.14. The fraction of sp³-hybridized carbons (Fsp3) is 0.227. The molecule has 0 aromatic heterocycles. The van der Waals surface area contributed by atoms with Crippen LogP contribution in [0.5, 0.6) is 0 Å². The Morgan fingerprint density at radius 2 is 1.90 bits per heavy atom. The van der Waals surface area contributed by atoms with Gasteiger partial charge in [0.2, 0.25) is 5.91 Å². The van der Waals surface area contributed by atoms with Crippen molar-refractivity contribution < 1.29 is 19.1 Å². The monoisotopic (exact) mass is 412 g/mol. The molecule has 1 heterocycles. The van der Waals surface area contributed by atoms with E-state index < -0.39 is 24.5 Å². The molecule has 0 unspecified atom stereocenters. The van der Waals surface area contributed by atoms with Crippen molar-refractivity contribution in [3.63, 3.8) is 0 Å². The molecule has 1 N–H and O–H groups in total. The zero-order valence-corrected chi connectivity index (χ0v) is 16.9. The second kappa shape index (κ2) is 8.92. The summed E-state index contributed by atoms with van der Waals surface area (Å²) in [5, 5.41) is 3.21. The summed E-state index contributed by atoms with van der Waals surface area (Å²) in [6.07, 6.45) is 3.45. The predicted molar refractivity (Wildman–Crippen MR) is 111 cm³/mol. The maximum atomic E-state index is 12.4. The van der Waals surface area contributed by atoms with Gasteiger partial charge >= 0.3 is 5.97 Å². The molecule has 29 heavy (non-hydrogen) atoms. The number of anilines is 1. The highest BCUT2D eigenvalue weighted by Crippen LogP contribution is 2.33. The van der Waals surface area contributed by atoms with Crippen LogP contribution in [0.1, 0.15) is 36.1 Å². The number of esters is 1. The first-order valence-electron chi connectivity index (χ1n) is 9.13. The van der Waals surface area contributed by atoms with Gasteiger partial charge in [0, 0.05) is 23.8 Å².